The lowest BCUT2D eigenvalue weighted by Gasteiger charge is -2.11. The Morgan fingerprint density at radius 1 is 1.53 bits per heavy atom. The number of carboxylic acids is 1. The molecular formula is C12H14N2O3. The van der Waals surface area contributed by atoms with E-state index in [1.54, 1.807) is 19.9 Å². The summed E-state index contributed by atoms with van der Waals surface area (Å²) in [5.41, 5.74) is 0.507. The number of unbranched alkanes of at least 4 members (excludes halogenated alkanes) is 1. The summed E-state index contributed by atoms with van der Waals surface area (Å²) in [5.74, 6) is -1.21. The van der Waals surface area contributed by atoms with Crippen molar-refractivity contribution >= 4 is 5.97 Å². The minimum absolute atomic E-state index is 0.187. The highest BCUT2D eigenvalue weighted by atomic mass is 16.4. The second kappa shape index (κ2) is 5.30. The molecule has 0 unspecified atom stereocenters. The lowest BCUT2D eigenvalue weighted by molar-refractivity contribution is 0.0693. The van der Waals surface area contributed by atoms with E-state index in [1.807, 2.05) is 6.07 Å². The van der Waals surface area contributed by atoms with Gasteiger partial charge in [-0.1, -0.05) is 0 Å². The molecule has 5 nitrogen and oxygen atoms in total. The van der Waals surface area contributed by atoms with Crippen molar-refractivity contribution in [1.29, 1.82) is 5.26 Å². The van der Waals surface area contributed by atoms with Crippen molar-refractivity contribution in [3.05, 3.63) is 33.2 Å². The van der Waals surface area contributed by atoms with Gasteiger partial charge in [0, 0.05) is 18.7 Å². The zero-order chi connectivity index (χ0) is 13.0. The molecule has 90 valence electrons. The van der Waals surface area contributed by atoms with Crippen LogP contribution in [0.2, 0.25) is 0 Å². The number of hydrogen-bond donors (Lipinski definition) is 1. The molecule has 0 saturated carbocycles. The molecule has 17 heavy (non-hydrogen) atoms. The molecule has 0 aromatic carbocycles. The Morgan fingerprint density at radius 2 is 2.18 bits per heavy atom. The van der Waals surface area contributed by atoms with Gasteiger partial charge < -0.3 is 9.67 Å². The number of aromatic carboxylic acids is 1. The molecule has 1 rings (SSSR count). The van der Waals surface area contributed by atoms with E-state index in [4.69, 9.17) is 10.4 Å². The van der Waals surface area contributed by atoms with Crippen LogP contribution in [0.4, 0.5) is 0 Å². The van der Waals surface area contributed by atoms with Crippen molar-refractivity contribution < 1.29 is 9.90 Å². The summed E-state index contributed by atoms with van der Waals surface area (Å²) in [7, 11) is 0. The van der Waals surface area contributed by atoms with Gasteiger partial charge in [0.15, 0.2) is 0 Å². The number of pyridine rings is 1. The highest BCUT2D eigenvalue weighted by Crippen LogP contribution is 2.07. The lowest BCUT2D eigenvalue weighted by Crippen LogP contribution is -2.29. The smallest absolute Gasteiger partial charge is 0.341 e. The van der Waals surface area contributed by atoms with Gasteiger partial charge in [0.25, 0.3) is 5.56 Å². The van der Waals surface area contributed by atoms with E-state index in [1.165, 1.54) is 4.57 Å². The van der Waals surface area contributed by atoms with Crippen LogP contribution in [-0.2, 0) is 6.54 Å². The molecule has 0 spiro atoms. The van der Waals surface area contributed by atoms with E-state index in [0.29, 0.717) is 24.9 Å². The van der Waals surface area contributed by atoms with E-state index in [-0.39, 0.29) is 5.56 Å². The summed E-state index contributed by atoms with van der Waals surface area (Å²) in [6, 6.07) is 3.67. The third kappa shape index (κ3) is 2.72. The SMILES string of the molecule is Cc1cc(C)n(CCCC#N)c(=O)c1C(=O)O. The average Bonchev–Trinajstić information content (AvgIpc) is 2.21. The van der Waals surface area contributed by atoms with Crippen LogP contribution in [0.3, 0.4) is 0 Å². The summed E-state index contributed by atoms with van der Waals surface area (Å²) in [6.45, 7) is 3.74. The summed E-state index contributed by atoms with van der Waals surface area (Å²) in [6.07, 6.45) is 0.890. The quantitative estimate of drug-likeness (QED) is 0.799. The van der Waals surface area contributed by atoms with Gasteiger partial charge in [-0.3, -0.25) is 4.79 Å². The molecule has 0 aliphatic carbocycles. The average molecular weight is 234 g/mol. The van der Waals surface area contributed by atoms with Crippen molar-refractivity contribution in [1.82, 2.24) is 4.57 Å². The van der Waals surface area contributed by atoms with E-state index in [9.17, 15) is 9.59 Å². The van der Waals surface area contributed by atoms with Gasteiger partial charge in [0.2, 0.25) is 0 Å². The van der Waals surface area contributed by atoms with E-state index >= 15 is 0 Å². The number of carbonyl (C=O) groups is 1. The molecule has 1 heterocycles. The molecule has 0 amide bonds. The fourth-order valence-electron chi connectivity index (χ4n) is 1.78. The van der Waals surface area contributed by atoms with Gasteiger partial charge in [-0.2, -0.15) is 5.26 Å². The van der Waals surface area contributed by atoms with Crippen LogP contribution in [0.15, 0.2) is 10.9 Å². The second-order valence-electron chi connectivity index (χ2n) is 3.87. The van der Waals surface area contributed by atoms with Gasteiger partial charge in [-0.15, -0.1) is 0 Å². The monoisotopic (exact) mass is 234 g/mol. The van der Waals surface area contributed by atoms with Crippen molar-refractivity contribution in [2.75, 3.05) is 0 Å². The van der Waals surface area contributed by atoms with Crippen molar-refractivity contribution in [3.63, 3.8) is 0 Å². The maximum absolute atomic E-state index is 11.9. The summed E-state index contributed by atoms with van der Waals surface area (Å²) >= 11 is 0. The molecule has 1 N–H and O–H groups in total. The number of nitriles is 1. The van der Waals surface area contributed by atoms with Crippen molar-refractivity contribution in [2.24, 2.45) is 0 Å². The van der Waals surface area contributed by atoms with Crippen LogP contribution < -0.4 is 5.56 Å². The van der Waals surface area contributed by atoms with E-state index in [0.717, 1.165) is 5.69 Å². The summed E-state index contributed by atoms with van der Waals surface area (Å²) < 4.78 is 1.41. The van der Waals surface area contributed by atoms with Crippen LogP contribution in [0.1, 0.15) is 34.5 Å². The minimum atomic E-state index is -1.21. The summed E-state index contributed by atoms with van der Waals surface area (Å²) in [4.78, 5) is 22.9. The number of hydrogen-bond acceptors (Lipinski definition) is 3. The Hall–Kier alpha value is -2.09. The third-order valence-electron chi connectivity index (χ3n) is 2.59. The maximum Gasteiger partial charge on any atom is 0.341 e. The number of carboxylic acid groups (broad SMARTS) is 1. The van der Waals surface area contributed by atoms with E-state index < -0.39 is 11.5 Å². The summed E-state index contributed by atoms with van der Waals surface area (Å²) in [5, 5.41) is 17.4. The molecule has 0 radical (unpaired) electrons. The van der Waals surface area contributed by atoms with Crippen LogP contribution in [-0.4, -0.2) is 15.6 Å². The first-order chi connectivity index (χ1) is 7.99. The number of aromatic nitrogens is 1. The molecule has 0 saturated heterocycles. The Balaban J connectivity index is 3.23. The lowest BCUT2D eigenvalue weighted by atomic mass is 10.1. The van der Waals surface area contributed by atoms with Crippen LogP contribution in [0.25, 0.3) is 0 Å². The second-order valence-corrected chi connectivity index (χ2v) is 3.87. The Bertz CT molecular complexity index is 538. The number of aryl methyl sites for hydroxylation is 2. The predicted molar refractivity (Wildman–Crippen MR) is 62.0 cm³/mol. The first-order valence-electron chi connectivity index (χ1n) is 5.30. The van der Waals surface area contributed by atoms with Crippen molar-refractivity contribution in [3.8, 4) is 6.07 Å². The molecule has 0 fully saturated rings. The molecule has 0 bridgehead atoms. The van der Waals surface area contributed by atoms with Crippen LogP contribution in [0.5, 0.6) is 0 Å². The van der Waals surface area contributed by atoms with Gasteiger partial charge in [0.05, 0.1) is 6.07 Å². The molecule has 1 aromatic rings. The minimum Gasteiger partial charge on any atom is -0.477 e. The fraction of sp³-hybridized carbons (Fsp3) is 0.417. The van der Waals surface area contributed by atoms with Gasteiger partial charge in [-0.25, -0.2) is 4.79 Å². The normalized spacial score (nSPS) is 9.94. The van der Waals surface area contributed by atoms with Gasteiger partial charge >= 0.3 is 5.97 Å². The molecule has 5 heteroatoms. The first kappa shape index (κ1) is 13.0. The number of nitrogens with zero attached hydrogens (tertiary/aromatic N) is 2. The Kier molecular flexibility index (Phi) is 4.05. The highest BCUT2D eigenvalue weighted by molar-refractivity contribution is 5.88. The highest BCUT2D eigenvalue weighted by Gasteiger charge is 2.15. The zero-order valence-electron chi connectivity index (χ0n) is 9.86. The molecule has 0 aliphatic rings. The van der Waals surface area contributed by atoms with Crippen LogP contribution >= 0.6 is 0 Å². The Morgan fingerprint density at radius 3 is 2.71 bits per heavy atom. The van der Waals surface area contributed by atoms with Gasteiger partial charge in [-0.05, 0) is 31.9 Å². The third-order valence-corrected chi connectivity index (χ3v) is 2.59. The van der Waals surface area contributed by atoms with E-state index in [2.05, 4.69) is 0 Å². The molecule has 0 atom stereocenters. The topological polar surface area (TPSA) is 83.1 Å². The van der Waals surface area contributed by atoms with Crippen molar-refractivity contribution in [2.45, 2.75) is 33.2 Å². The van der Waals surface area contributed by atoms with Crippen LogP contribution in [0, 0.1) is 25.2 Å². The fourth-order valence-corrected chi connectivity index (χ4v) is 1.78. The maximum atomic E-state index is 11.9. The standard InChI is InChI=1S/C12H14N2O3/c1-8-7-9(2)14(6-4-3-5-13)11(15)10(8)12(16)17/h7H,3-4,6H2,1-2H3,(H,16,17). The Labute approximate surface area is 98.9 Å². The largest absolute Gasteiger partial charge is 0.477 e. The number of rotatable bonds is 4. The zero-order valence-corrected chi connectivity index (χ0v) is 9.86. The predicted octanol–water partition coefficient (Wildman–Crippen LogP) is 1.47. The molecular weight excluding hydrogens is 220 g/mol. The first-order valence-corrected chi connectivity index (χ1v) is 5.30. The molecule has 0 aliphatic heterocycles. The van der Waals surface area contributed by atoms with Gasteiger partial charge in [0.1, 0.15) is 5.56 Å². The molecule has 1 aromatic heterocycles.